The third kappa shape index (κ3) is 4.98. The molecule has 0 fully saturated rings. The van der Waals surface area contributed by atoms with Crippen LogP contribution in [-0.4, -0.2) is 25.6 Å². The van der Waals surface area contributed by atoms with Gasteiger partial charge in [0.05, 0.1) is 19.3 Å². The maximum atomic E-state index is 11.9. The van der Waals surface area contributed by atoms with E-state index in [1.807, 2.05) is 31.2 Å². The summed E-state index contributed by atoms with van der Waals surface area (Å²) >= 11 is 0. The highest BCUT2D eigenvalue weighted by Gasteiger charge is 2.05. The highest BCUT2D eigenvalue weighted by atomic mass is 16.5. The number of esters is 1. The minimum absolute atomic E-state index is 0.255. The predicted octanol–water partition coefficient (Wildman–Crippen LogP) is 3.52. The summed E-state index contributed by atoms with van der Waals surface area (Å²) in [5, 5.41) is 2.73. The van der Waals surface area contributed by atoms with Crippen molar-refractivity contribution in [3.63, 3.8) is 0 Å². The number of hydrogen-bond acceptors (Lipinski definition) is 4. The van der Waals surface area contributed by atoms with Crippen LogP contribution in [0.1, 0.15) is 22.8 Å². The number of benzene rings is 2. The zero-order chi connectivity index (χ0) is 17.4. The summed E-state index contributed by atoms with van der Waals surface area (Å²) in [4.78, 5) is 23.3. The summed E-state index contributed by atoms with van der Waals surface area (Å²) in [6.45, 7) is 2.54. The third-order valence-corrected chi connectivity index (χ3v) is 3.19. The van der Waals surface area contributed by atoms with Crippen molar-refractivity contribution in [2.45, 2.75) is 6.92 Å². The van der Waals surface area contributed by atoms with Crippen LogP contribution < -0.4 is 10.1 Å². The number of anilines is 1. The lowest BCUT2D eigenvalue weighted by Crippen LogP contribution is -2.08. The van der Waals surface area contributed by atoms with Crippen LogP contribution in [0.3, 0.4) is 0 Å². The zero-order valence-corrected chi connectivity index (χ0v) is 13.6. The molecule has 5 heteroatoms. The highest BCUT2D eigenvalue weighted by molar-refractivity contribution is 6.02. The van der Waals surface area contributed by atoms with Gasteiger partial charge in [0, 0.05) is 11.8 Å². The van der Waals surface area contributed by atoms with Crippen LogP contribution in [0.4, 0.5) is 5.69 Å². The number of carbonyl (C=O) groups excluding carboxylic acids is 2. The van der Waals surface area contributed by atoms with E-state index in [0.29, 0.717) is 17.9 Å². The van der Waals surface area contributed by atoms with E-state index in [-0.39, 0.29) is 5.91 Å². The molecule has 0 radical (unpaired) electrons. The maximum Gasteiger partial charge on any atom is 0.337 e. The predicted molar refractivity (Wildman–Crippen MR) is 93.1 cm³/mol. The number of methoxy groups -OCH3 is 1. The zero-order valence-electron chi connectivity index (χ0n) is 13.6. The first-order valence-corrected chi connectivity index (χ1v) is 7.52. The molecule has 1 amide bonds. The van der Waals surface area contributed by atoms with Crippen LogP contribution >= 0.6 is 0 Å². The molecule has 2 aromatic carbocycles. The van der Waals surface area contributed by atoms with E-state index in [0.717, 1.165) is 11.3 Å². The van der Waals surface area contributed by atoms with Gasteiger partial charge in [-0.05, 0) is 55.0 Å². The molecule has 0 saturated heterocycles. The Labute approximate surface area is 140 Å². The number of amides is 1. The van der Waals surface area contributed by atoms with Gasteiger partial charge in [-0.15, -0.1) is 0 Å². The van der Waals surface area contributed by atoms with Gasteiger partial charge in [0.1, 0.15) is 5.75 Å². The number of ether oxygens (including phenoxy) is 2. The topological polar surface area (TPSA) is 64.6 Å². The molecule has 0 aliphatic rings. The molecule has 2 aromatic rings. The molecule has 0 heterocycles. The van der Waals surface area contributed by atoms with Crippen molar-refractivity contribution in [2.75, 3.05) is 19.0 Å². The summed E-state index contributed by atoms with van der Waals surface area (Å²) in [6, 6.07) is 13.9. The van der Waals surface area contributed by atoms with E-state index in [9.17, 15) is 9.59 Å². The van der Waals surface area contributed by atoms with Crippen LogP contribution in [-0.2, 0) is 9.53 Å². The molecule has 0 bridgehead atoms. The molecular formula is C19H19NO4. The van der Waals surface area contributed by atoms with Crippen molar-refractivity contribution >= 4 is 23.6 Å². The molecule has 124 valence electrons. The van der Waals surface area contributed by atoms with E-state index >= 15 is 0 Å². The molecule has 24 heavy (non-hydrogen) atoms. The Morgan fingerprint density at radius 3 is 2.29 bits per heavy atom. The molecule has 1 N–H and O–H groups in total. The normalized spacial score (nSPS) is 10.4. The summed E-state index contributed by atoms with van der Waals surface area (Å²) in [6.07, 6.45) is 3.16. The quantitative estimate of drug-likeness (QED) is 0.652. The van der Waals surface area contributed by atoms with Crippen molar-refractivity contribution < 1.29 is 19.1 Å². The fraction of sp³-hybridized carbons (Fsp3) is 0.158. The van der Waals surface area contributed by atoms with Gasteiger partial charge in [-0.2, -0.15) is 0 Å². The van der Waals surface area contributed by atoms with Crippen LogP contribution in [0.25, 0.3) is 6.08 Å². The van der Waals surface area contributed by atoms with Crippen molar-refractivity contribution in [3.05, 3.63) is 65.7 Å². The minimum atomic E-state index is -0.414. The van der Waals surface area contributed by atoms with Crippen LogP contribution in [0, 0.1) is 0 Å². The van der Waals surface area contributed by atoms with Gasteiger partial charge in [-0.3, -0.25) is 4.79 Å². The lowest BCUT2D eigenvalue weighted by atomic mass is 10.2. The summed E-state index contributed by atoms with van der Waals surface area (Å²) < 4.78 is 9.99. The molecule has 0 saturated carbocycles. The van der Waals surface area contributed by atoms with Crippen molar-refractivity contribution in [3.8, 4) is 5.75 Å². The molecule has 0 spiro atoms. The van der Waals surface area contributed by atoms with Crippen molar-refractivity contribution in [1.82, 2.24) is 0 Å². The van der Waals surface area contributed by atoms with Gasteiger partial charge in [-0.25, -0.2) is 4.79 Å². The second-order valence-electron chi connectivity index (χ2n) is 4.89. The maximum absolute atomic E-state index is 11.9. The fourth-order valence-electron chi connectivity index (χ4n) is 2.01. The van der Waals surface area contributed by atoms with Gasteiger partial charge < -0.3 is 14.8 Å². The second-order valence-corrected chi connectivity index (χ2v) is 4.89. The Balaban J connectivity index is 1.93. The number of rotatable bonds is 6. The molecule has 0 unspecified atom stereocenters. The van der Waals surface area contributed by atoms with Gasteiger partial charge in [0.25, 0.3) is 0 Å². The number of carbonyl (C=O) groups is 2. The molecule has 0 aliphatic carbocycles. The van der Waals surface area contributed by atoms with E-state index < -0.39 is 5.97 Å². The number of hydrogen-bond donors (Lipinski definition) is 1. The minimum Gasteiger partial charge on any atom is -0.494 e. The van der Waals surface area contributed by atoms with Crippen LogP contribution in [0.2, 0.25) is 0 Å². The highest BCUT2D eigenvalue weighted by Crippen LogP contribution is 2.14. The lowest BCUT2D eigenvalue weighted by Gasteiger charge is -2.04. The largest absolute Gasteiger partial charge is 0.494 e. The smallest absolute Gasteiger partial charge is 0.337 e. The summed E-state index contributed by atoms with van der Waals surface area (Å²) in [5.41, 5.74) is 1.93. The van der Waals surface area contributed by atoms with Gasteiger partial charge in [0.2, 0.25) is 5.91 Å². The first-order valence-electron chi connectivity index (χ1n) is 7.52. The Bertz CT molecular complexity index is 718. The lowest BCUT2D eigenvalue weighted by molar-refractivity contribution is -0.111. The van der Waals surface area contributed by atoms with Crippen LogP contribution in [0.5, 0.6) is 5.75 Å². The molecule has 2 rings (SSSR count). The molecule has 5 nitrogen and oxygen atoms in total. The van der Waals surface area contributed by atoms with Crippen LogP contribution in [0.15, 0.2) is 54.6 Å². The Morgan fingerprint density at radius 1 is 1.04 bits per heavy atom. The van der Waals surface area contributed by atoms with Crippen molar-refractivity contribution in [1.29, 1.82) is 0 Å². The molecule has 0 atom stereocenters. The first-order chi connectivity index (χ1) is 11.6. The molecule has 0 aromatic heterocycles. The first kappa shape index (κ1) is 17.3. The van der Waals surface area contributed by atoms with E-state index in [1.165, 1.54) is 13.2 Å². The SMILES string of the molecule is CCOc1ccc(/C=C/C(=O)Nc2ccc(C(=O)OC)cc2)cc1. The van der Waals surface area contributed by atoms with E-state index in [1.54, 1.807) is 30.3 Å². The average molecular weight is 325 g/mol. The van der Waals surface area contributed by atoms with Crippen molar-refractivity contribution in [2.24, 2.45) is 0 Å². The summed E-state index contributed by atoms with van der Waals surface area (Å²) in [5.74, 6) is 0.128. The fourth-order valence-corrected chi connectivity index (χ4v) is 2.01. The Morgan fingerprint density at radius 2 is 1.71 bits per heavy atom. The average Bonchev–Trinajstić information content (AvgIpc) is 2.61. The summed E-state index contributed by atoms with van der Waals surface area (Å²) in [7, 11) is 1.32. The number of nitrogens with one attached hydrogen (secondary N) is 1. The molecular weight excluding hydrogens is 306 g/mol. The Hall–Kier alpha value is -3.08. The van der Waals surface area contributed by atoms with E-state index in [4.69, 9.17) is 4.74 Å². The Kier molecular flexibility index (Phi) is 6.14. The monoisotopic (exact) mass is 325 g/mol. The standard InChI is InChI=1S/C19H19NO4/c1-3-24-17-11-4-14(5-12-17)6-13-18(21)20-16-9-7-15(8-10-16)19(22)23-2/h4-13H,3H2,1-2H3,(H,20,21)/b13-6+. The van der Waals surface area contributed by atoms with Gasteiger partial charge in [0.15, 0.2) is 0 Å². The van der Waals surface area contributed by atoms with Gasteiger partial charge >= 0.3 is 5.97 Å². The molecule has 0 aliphatic heterocycles. The van der Waals surface area contributed by atoms with E-state index in [2.05, 4.69) is 10.1 Å². The van der Waals surface area contributed by atoms with Gasteiger partial charge in [-0.1, -0.05) is 12.1 Å². The third-order valence-electron chi connectivity index (χ3n) is 3.19. The second kappa shape index (κ2) is 8.53.